The van der Waals surface area contributed by atoms with Crippen molar-refractivity contribution in [3.05, 3.63) is 50.7 Å². The van der Waals surface area contributed by atoms with Crippen molar-refractivity contribution in [2.45, 2.75) is 30.0 Å². The standard InChI is InChI=1S/C16H14ClN3O6S/c1-7(21)18-12-14(22)19-13(16(23)24)11(17)10(27-15(12)19)6-8-2-4-9(5-3-8)20(25)26/h2-5,10,12,15H,6H2,1H3,(H,18,21)(H,23,24)/t10?,12?,15-/m1/s1. The highest BCUT2D eigenvalue weighted by Crippen LogP contribution is 2.46. The number of non-ortho nitro benzene ring substituents is 1. The molecule has 2 N–H and O–H groups in total. The third kappa shape index (κ3) is 3.50. The Hall–Kier alpha value is -2.59. The first kappa shape index (κ1) is 19.2. The van der Waals surface area contributed by atoms with Crippen molar-refractivity contribution in [2.24, 2.45) is 0 Å². The number of carbonyl (C=O) groups excluding carboxylic acids is 2. The third-order valence-electron chi connectivity index (χ3n) is 4.23. The molecule has 2 unspecified atom stereocenters. The molecule has 0 aliphatic carbocycles. The van der Waals surface area contributed by atoms with Crippen molar-refractivity contribution in [1.82, 2.24) is 10.2 Å². The van der Waals surface area contributed by atoms with Crippen LogP contribution in [0.2, 0.25) is 0 Å². The van der Waals surface area contributed by atoms with Gasteiger partial charge in [-0.2, -0.15) is 0 Å². The normalized spacial score (nSPS) is 24.1. The zero-order chi connectivity index (χ0) is 19.9. The minimum atomic E-state index is -1.33. The number of β-lactam (4-membered cyclic amide) rings is 1. The van der Waals surface area contributed by atoms with Gasteiger partial charge in [0.15, 0.2) is 0 Å². The number of rotatable bonds is 5. The van der Waals surface area contributed by atoms with E-state index in [0.717, 1.165) is 10.5 Å². The van der Waals surface area contributed by atoms with Gasteiger partial charge in [0.25, 0.3) is 11.6 Å². The lowest BCUT2D eigenvalue weighted by Crippen LogP contribution is -2.70. The van der Waals surface area contributed by atoms with Crippen LogP contribution in [0.25, 0.3) is 0 Å². The number of nitro benzene ring substituents is 1. The molecule has 2 aliphatic rings. The maximum Gasteiger partial charge on any atom is 0.353 e. The summed E-state index contributed by atoms with van der Waals surface area (Å²) in [6.07, 6.45) is 0.323. The Labute approximate surface area is 162 Å². The number of carbonyl (C=O) groups is 3. The van der Waals surface area contributed by atoms with Gasteiger partial charge in [-0.3, -0.25) is 24.6 Å². The molecule has 142 valence electrons. The predicted molar refractivity (Wildman–Crippen MR) is 96.9 cm³/mol. The van der Waals surface area contributed by atoms with E-state index in [4.69, 9.17) is 11.6 Å². The van der Waals surface area contributed by atoms with Gasteiger partial charge in [0.1, 0.15) is 17.1 Å². The highest BCUT2D eigenvalue weighted by atomic mass is 35.5. The molecule has 1 aromatic carbocycles. The Morgan fingerprint density at radius 2 is 2.00 bits per heavy atom. The Bertz CT molecular complexity index is 871. The minimum absolute atomic E-state index is 0.0247. The zero-order valence-corrected chi connectivity index (χ0v) is 15.5. The van der Waals surface area contributed by atoms with Crippen LogP contribution in [0, 0.1) is 10.1 Å². The minimum Gasteiger partial charge on any atom is -0.477 e. The Morgan fingerprint density at radius 3 is 2.52 bits per heavy atom. The molecule has 11 heteroatoms. The number of thioether (sulfide) groups is 1. The van der Waals surface area contributed by atoms with E-state index in [1.807, 2.05) is 0 Å². The smallest absolute Gasteiger partial charge is 0.353 e. The molecule has 2 amide bonds. The van der Waals surface area contributed by atoms with Crippen molar-refractivity contribution in [1.29, 1.82) is 0 Å². The SMILES string of the molecule is CC(=O)NC1C(=O)N2C(C(=O)O)=C(Cl)C(Cc3ccc([N+](=O)[O-])cc3)S[C@H]12. The lowest BCUT2D eigenvalue weighted by Gasteiger charge is -2.50. The first-order chi connectivity index (χ1) is 12.7. The number of carboxylic acids is 1. The van der Waals surface area contributed by atoms with E-state index in [0.29, 0.717) is 6.42 Å². The number of amides is 2. The molecule has 0 saturated carbocycles. The van der Waals surface area contributed by atoms with E-state index >= 15 is 0 Å². The Morgan fingerprint density at radius 1 is 1.37 bits per heavy atom. The van der Waals surface area contributed by atoms with Crippen LogP contribution in [0.3, 0.4) is 0 Å². The monoisotopic (exact) mass is 411 g/mol. The van der Waals surface area contributed by atoms with Crippen LogP contribution in [0.4, 0.5) is 5.69 Å². The fourth-order valence-electron chi connectivity index (χ4n) is 3.00. The van der Waals surface area contributed by atoms with Gasteiger partial charge < -0.3 is 10.4 Å². The molecule has 0 spiro atoms. The molecule has 27 heavy (non-hydrogen) atoms. The Kier molecular flexibility index (Phi) is 5.11. The molecule has 2 aliphatic heterocycles. The summed E-state index contributed by atoms with van der Waals surface area (Å²) in [4.78, 5) is 46.5. The van der Waals surface area contributed by atoms with Gasteiger partial charge in [-0.25, -0.2) is 4.79 Å². The van der Waals surface area contributed by atoms with E-state index in [1.165, 1.54) is 30.8 Å². The second-order valence-electron chi connectivity index (χ2n) is 6.03. The van der Waals surface area contributed by atoms with Crippen LogP contribution >= 0.6 is 23.4 Å². The Balaban J connectivity index is 1.87. The number of carboxylic acid groups (broad SMARTS) is 1. The third-order valence-corrected chi connectivity index (χ3v) is 6.29. The number of nitrogens with zero attached hydrogens (tertiary/aromatic N) is 2. The molecule has 0 bridgehead atoms. The average molecular weight is 412 g/mol. The van der Waals surface area contributed by atoms with Gasteiger partial charge in [0, 0.05) is 24.3 Å². The van der Waals surface area contributed by atoms with Crippen molar-refractivity contribution >= 4 is 46.8 Å². The molecular weight excluding hydrogens is 398 g/mol. The lowest BCUT2D eigenvalue weighted by molar-refractivity contribution is -0.384. The van der Waals surface area contributed by atoms with Crippen LogP contribution in [0.1, 0.15) is 12.5 Å². The highest BCUT2D eigenvalue weighted by Gasteiger charge is 2.55. The molecular formula is C16H14ClN3O6S. The van der Waals surface area contributed by atoms with E-state index in [2.05, 4.69) is 5.32 Å². The van der Waals surface area contributed by atoms with Gasteiger partial charge in [-0.05, 0) is 12.0 Å². The summed E-state index contributed by atoms with van der Waals surface area (Å²) < 4.78 is 0. The molecule has 3 rings (SSSR count). The number of benzene rings is 1. The summed E-state index contributed by atoms with van der Waals surface area (Å²) in [6.45, 7) is 1.28. The highest BCUT2D eigenvalue weighted by molar-refractivity contribution is 8.01. The number of aliphatic carboxylic acids is 1. The second kappa shape index (κ2) is 7.20. The van der Waals surface area contributed by atoms with Gasteiger partial charge >= 0.3 is 5.97 Å². The predicted octanol–water partition coefficient (Wildman–Crippen LogP) is 1.46. The number of hydrogen-bond donors (Lipinski definition) is 2. The molecule has 3 atom stereocenters. The van der Waals surface area contributed by atoms with Crippen molar-refractivity contribution in [3.63, 3.8) is 0 Å². The average Bonchev–Trinajstić information content (AvgIpc) is 2.61. The largest absolute Gasteiger partial charge is 0.477 e. The van der Waals surface area contributed by atoms with E-state index in [9.17, 15) is 29.6 Å². The van der Waals surface area contributed by atoms with Crippen LogP contribution in [0.5, 0.6) is 0 Å². The number of fused-ring (bicyclic) bond motifs is 1. The summed E-state index contributed by atoms with van der Waals surface area (Å²) >= 11 is 7.55. The lowest BCUT2D eigenvalue weighted by atomic mass is 10.0. The summed E-state index contributed by atoms with van der Waals surface area (Å²) in [6, 6.07) is 5.06. The molecule has 9 nitrogen and oxygen atoms in total. The van der Waals surface area contributed by atoms with Crippen LogP contribution in [0.15, 0.2) is 35.0 Å². The van der Waals surface area contributed by atoms with Crippen LogP contribution < -0.4 is 5.32 Å². The van der Waals surface area contributed by atoms with Gasteiger partial charge in [-0.1, -0.05) is 23.7 Å². The summed E-state index contributed by atoms with van der Waals surface area (Å²) in [5.74, 6) is -2.24. The van der Waals surface area contributed by atoms with Crippen molar-refractivity contribution in [2.75, 3.05) is 0 Å². The van der Waals surface area contributed by atoms with Crippen LogP contribution in [-0.4, -0.2) is 49.4 Å². The molecule has 1 aromatic rings. The zero-order valence-electron chi connectivity index (χ0n) is 13.9. The number of hydrogen-bond acceptors (Lipinski definition) is 6. The van der Waals surface area contributed by atoms with Gasteiger partial charge in [0.05, 0.1) is 9.96 Å². The quantitative estimate of drug-likeness (QED) is 0.426. The van der Waals surface area contributed by atoms with E-state index < -0.39 is 39.4 Å². The summed E-state index contributed by atoms with van der Waals surface area (Å²) in [5.41, 5.74) is 0.388. The molecule has 1 fully saturated rings. The van der Waals surface area contributed by atoms with Crippen molar-refractivity contribution in [3.8, 4) is 0 Å². The number of nitro groups is 1. The maximum absolute atomic E-state index is 12.2. The topological polar surface area (TPSA) is 130 Å². The molecule has 0 radical (unpaired) electrons. The number of halogens is 1. The maximum atomic E-state index is 12.2. The first-order valence-electron chi connectivity index (χ1n) is 7.82. The van der Waals surface area contributed by atoms with Crippen LogP contribution in [-0.2, 0) is 20.8 Å². The van der Waals surface area contributed by atoms with Crippen molar-refractivity contribution < 1.29 is 24.4 Å². The van der Waals surface area contributed by atoms with Gasteiger partial charge in [-0.15, -0.1) is 11.8 Å². The summed E-state index contributed by atoms with van der Waals surface area (Å²) in [5, 5.41) is 21.7. The molecule has 2 heterocycles. The summed E-state index contributed by atoms with van der Waals surface area (Å²) in [7, 11) is 0. The molecule has 1 saturated heterocycles. The second-order valence-corrected chi connectivity index (χ2v) is 7.76. The first-order valence-corrected chi connectivity index (χ1v) is 9.14. The van der Waals surface area contributed by atoms with Gasteiger partial charge in [0.2, 0.25) is 5.91 Å². The molecule has 0 aromatic heterocycles. The fraction of sp³-hybridized carbons (Fsp3) is 0.312. The van der Waals surface area contributed by atoms with E-state index in [-0.39, 0.29) is 16.4 Å². The number of nitrogens with one attached hydrogen (secondary N) is 1. The fourth-order valence-corrected chi connectivity index (χ4v) is 4.93. The van der Waals surface area contributed by atoms with E-state index in [1.54, 1.807) is 12.1 Å².